The fourth-order valence-corrected chi connectivity index (χ4v) is 2.76. The van der Waals surface area contributed by atoms with E-state index in [9.17, 15) is 5.11 Å². The van der Waals surface area contributed by atoms with Crippen LogP contribution in [0.15, 0.2) is 12.1 Å². The van der Waals surface area contributed by atoms with Gasteiger partial charge in [0.05, 0.1) is 5.02 Å². The van der Waals surface area contributed by atoms with Gasteiger partial charge in [0.15, 0.2) is 0 Å². The lowest BCUT2D eigenvalue weighted by Gasteiger charge is -2.16. The average molecular weight is 304 g/mol. The number of phenols is 1. The Morgan fingerprint density at radius 2 is 2.11 bits per heavy atom. The van der Waals surface area contributed by atoms with Gasteiger partial charge in [0, 0.05) is 37.4 Å². The van der Waals surface area contributed by atoms with E-state index in [1.54, 1.807) is 19.2 Å². The Morgan fingerprint density at radius 1 is 1.37 bits per heavy atom. The Balaban J connectivity index is 1.86. The summed E-state index contributed by atoms with van der Waals surface area (Å²) in [4.78, 5) is 0. The van der Waals surface area contributed by atoms with Gasteiger partial charge in [-0.3, -0.25) is 0 Å². The number of halogens is 2. The first-order valence-corrected chi connectivity index (χ1v) is 7.18. The molecule has 19 heavy (non-hydrogen) atoms. The van der Waals surface area contributed by atoms with Crippen LogP contribution in [0.4, 0.5) is 0 Å². The first-order chi connectivity index (χ1) is 9.06. The number of benzene rings is 1. The molecular formula is C14H19Cl2NO2. The van der Waals surface area contributed by atoms with Crippen molar-refractivity contribution in [3.63, 3.8) is 0 Å². The van der Waals surface area contributed by atoms with Crippen molar-refractivity contribution in [3.05, 3.63) is 27.7 Å². The smallest absolute Gasteiger partial charge is 0.138 e. The third-order valence-corrected chi connectivity index (χ3v) is 4.22. The van der Waals surface area contributed by atoms with Crippen LogP contribution in [0.2, 0.25) is 10.0 Å². The molecule has 2 rings (SSSR count). The number of methoxy groups -OCH3 is 1. The van der Waals surface area contributed by atoms with Gasteiger partial charge in [-0.05, 0) is 36.8 Å². The van der Waals surface area contributed by atoms with E-state index in [0.29, 0.717) is 22.0 Å². The van der Waals surface area contributed by atoms with Crippen molar-refractivity contribution < 1.29 is 9.84 Å². The Morgan fingerprint density at radius 3 is 2.74 bits per heavy atom. The zero-order valence-corrected chi connectivity index (χ0v) is 12.5. The fourth-order valence-electron chi connectivity index (χ4n) is 2.23. The normalized spacial score (nSPS) is 16.6. The summed E-state index contributed by atoms with van der Waals surface area (Å²) in [6.07, 6.45) is 3.57. The third kappa shape index (κ3) is 3.99. The highest BCUT2D eigenvalue weighted by Crippen LogP contribution is 2.48. The highest BCUT2D eigenvalue weighted by atomic mass is 35.5. The molecule has 2 N–H and O–H groups in total. The highest BCUT2D eigenvalue weighted by molar-refractivity contribution is 6.35. The number of aromatic hydroxyl groups is 1. The number of rotatable bonds is 7. The fraction of sp³-hybridized carbons (Fsp3) is 0.571. The van der Waals surface area contributed by atoms with Crippen LogP contribution < -0.4 is 5.32 Å². The number of nitrogens with one attached hydrogen (secondary N) is 1. The van der Waals surface area contributed by atoms with Crippen LogP contribution in [0.25, 0.3) is 0 Å². The van der Waals surface area contributed by atoms with E-state index in [0.717, 1.165) is 25.1 Å². The van der Waals surface area contributed by atoms with Crippen LogP contribution in [0.3, 0.4) is 0 Å². The first kappa shape index (κ1) is 14.9. The summed E-state index contributed by atoms with van der Waals surface area (Å²) < 4.78 is 5.13. The summed E-state index contributed by atoms with van der Waals surface area (Å²) in [5, 5.41) is 14.1. The van der Waals surface area contributed by atoms with Crippen LogP contribution in [-0.4, -0.2) is 25.4 Å². The minimum absolute atomic E-state index is 0.111. The second kappa shape index (κ2) is 6.31. The minimum Gasteiger partial charge on any atom is -0.506 e. The zero-order chi connectivity index (χ0) is 13.9. The second-order valence-electron chi connectivity index (χ2n) is 5.24. The molecule has 0 spiro atoms. The van der Waals surface area contributed by atoms with Gasteiger partial charge in [0.25, 0.3) is 0 Å². The topological polar surface area (TPSA) is 41.5 Å². The average Bonchev–Trinajstić information content (AvgIpc) is 3.13. The quantitative estimate of drug-likeness (QED) is 0.808. The standard InChI is InChI=1S/C14H19Cl2NO2/c1-19-5-4-14(2-3-14)9-17-8-10-6-11(15)7-12(16)13(10)18/h6-7,17-18H,2-5,8-9H2,1H3. The molecule has 0 radical (unpaired) electrons. The summed E-state index contributed by atoms with van der Waals surface area (Å²) in [6, 6.07) is 3.29. The number of ether oxygens (including phenoxy) is 1. The lowest BCUT2D eigenvalue weighted by atomic mass is 10.0. The molecule has 1 aliphatic rings. The maximum Gasteiger partial charge on any atom is 0.138 e. The second-order valence-corrected chi connectivity index (χ2v) is 6.09. The van der Waals surface area contributed by atoms with Crippen molar-refractivity contribution in [2.45, 2.75) is 25.8 Å². The van der Waals surface area contributed by atoms with Crippen molar-refractivity contribution in [2.24, 2.45) is 5.41 Å². The molecule has 0 bridgehead atoms. The van der Waals surface area contributed by atoms with E-state index in [4.69, 9.17) is 27.9 Å². The third-order valence-electron chi connectivity index (χ3n) is 3.72. The predicted octanol–water partition coefficient (Wildman–Crippen LogP) is 3.61. The largest absolute Gasteiger partial charge is 0.506 e. The van der Waals surface area contributed by atoms with E-state index >= 15 is 0 Å². The molecular weight excluding hydrogens is 285 g/mol. The maximum atomic E-state index is 9.86. The molecule has 106 valence electrons. The molecule has 0 amide bonds. The predicted molar refractivity (Wildman–Crippen MR) is 78.0 cm³/mol. The summed E-state index contributed by atoms with van der Waals surface area (Å²) in [6.45, 7) is 2.30. The Hall–Kier alpha value is -0.480. The number of hydrogen-bond donors (Lipinski definition) is 2. The first-order valence-electron chi connectivity index (χ1n) is 6.43. The summed E-state index contributed by atoms with van der Waals surface area (Å²) >= 11 is 11.8. The molecule has 1 aromatic rings. The summed E-state index contributed by atoms with van der Waals surface area (Å²) in [5.74, 6) is 0.111. The Kier molecular flexibility index (Phi) is 4.96. The van der Waals surface area contributed by atoms with Crippen LogP contribution >= 0.6 is 23.2 Å². The summed E-state index contributed by atoms with van der Waals surface area (Å²) in [7, 11) is 1.73. The molecule has 1 aromatic carbocycles. The zero-order valence-electron chi connectivity index (χ0n) is 11.0. The van der Waals surface area contributed by atoms with E-state index in [2.05, 4.69) is 5.32 Å². The molecule has 0 atom stereocenters. The SMILES string of the molecule is COCCC1(CNCc2cc(Cl)cc(Cl)c2O)CC1. The van der Waals surface area contributed by atoms with Crippen LogP contribution in [-0.2, 0) is 11.3 Å². The van der Waals surface area contributed by atoms with Gasteiger partial charge in [-0.15, -0.1) is 0 Å². The molecule has 5 heteroatoms. The van der Waals surface area contributed by atoms with Gasteiger partial charge in [-0.2, -0.15) is 0 Å². The van der Waals surface area contributed by atoms with Gasteiger partial charge < -0.3 is 15.2 Å². The number of phenolic OH excluding ortho intramolecular Hbond substituents is 1. The van der Waals surface area contributed by atoms with E-state index < -0.39 is 0 Å². The lowest BCUT2D eigenvalue weighted by Crippen LogP contribution is -2.24. The van der Waals surface area contributed by atoms with Crippen molar-refractivity contribution in [3.8, 4) is 5.75 Å². The monoisotopic (exact) mass is 303 g/mol. The van der Waals surface area contributed by atoms with E-state index in [1.165, 1.54) is 12.8 Å². The van der Waals surface area contributed by atoms with Crippen molar-refractivity contribution in [2.75, 3.05) is 20.3 Å². The van der Waals surface area contributed by atoms with Gasteiger partial charge >= 0.3 is 0 Å². The van der Waals surface area contributed by atoms with Crippen molar-refractivity contribution in [1.29, 1.82) is 0 Å². The molecule has 0 aromatic heterocycles. The van der Waals surface area contributed by atoms with Crippen molar-refractivity contribution in [1.82, 2.24) is 5.32 Å². The van der Waals surface area contributed by atoms with E-state index in [-0.39, 0.29) is 5.75 Å². The molecule has 0 saturated heterocycles. The van der Waals surface area contributed by atoms with Gasteiger partial charge in [-0.25, -0.2) is 0 Å². The van der Waals surface area contributed by atoms with Crippen LogP contribution in [0, 0.1) is 5.41 Å². The maximum absolute atomic E-state index is 9.86. The molecule has 0 heterocycles. The van der Waals surface area contributed by atoms with Crippen molar-refractivity contribution >= 4 is 23.2 Å². The summed E-state index contributed by atoms with van der Waals surface area (Å²) in [5.41, 5.74) is 1.12. The molecule has 0 aliphatic heterocycles. The molecule has 1 saturated carbocycles. The molecule has 3 nitrogen and oxygen atoms in total. The van der Waals surface area contributed by atoms with Gasteiger partial charge in [0.1, 0.15) is 5.75 Å². The molecule has 1 aliphatic carbocycles. The number of hydrogen-bond acceptors (Lipinski definition) is 3. The lowest BCUT2D eigenvalue weighted by molar-refractivity contribution is 0.171. The minimum atomic E-state index is 0.111. The molecule has 1 fully saturated rings. The highest BCUT2D eigenvalue weighted by Gasteiger charge is 2.41. The van der Waals surface area contributed by atoms with Crippen LogP contribution in [0.5, 0.6) is 5.75 Å². The molecule has 0 unspecified atom stereocenters. The van der Waals surface area contributed by atoms with E-state index in [1.807, 2.05) is 0 Å². The Labute approximate surface area is 123 Å². The van der Waals surface area contributed by atoms with Gasteiger partial charge in [0.2, 0.25) is 0 Å². The van der Waals surface area contributed by atoms with Crippen LogP contribution in [0.1, 0.15) is 24.8 Å². The Bertz CT molecular complexity index is 447. The van der Waals surface area contributed by atoms with Gasteiger partial charge in [-0.1, -0.05) is 23.2 Å².